The summed E-state index contributed by atoms with van der Waals surface area (Å²) in [7, 11) is 1.73. The van der Waals surface area contributed by atoms with E-state index in [9.17, 15) is 9.59 Å². The third-order valence-electron chi connectivity index (χ3n) is 7.92. The molecule has 1 aliphatic rings. The molecular formula is C39H46N4O6. The molecule has 10 nitrogen and oxygen atoms in total. The SMILES string of the molecule is CC.Cn1c(=O)n(-c2ccc(OCc3ccccc3)nc2OCc2ccccc2)c2cccc(OC3CCN(C(=O)OC(C)(C)C)CC3)c21. The number of carbonyl (C=O) groups excluding carboxylic acids is 1. The maximum absolute atomic E-state index is 13.9. The van der Waals surface area contributed by atoms with Crippen LogP contribution >= 0.6 is 0 Å². The summed E-state index contributed by atoms with van der Waals surface area (Å²) < 4.78 is 27.5. The van der Waals surface area contributed by atoms with Gasteiger partial charge < -0.3 is 23.8 Å². The van der Waals surface area contributed by atoms with Gasteiger partial charge >= 0.3 is 11.8 Å². The summed E-state index contributed by atoms with van der Waals surface area (Å²) in [5.41, 5.74) is 2.98. The number of likely N-dealkylation sites (tertiary alicyclic amines) is 1. The average molecular weight is 667 g/mol. The fraction of sp³-hybridized carbons (Fsp3) is 0.359. The normalized spacial score (nSPS) is 13.4. The minimum absolute atomic E-state index is 0.120. The minimum Gasteiger partial charge on any atom is -0.488 e. The molecule has 1 amide bonds. The number of amides is 1. The van der Waals surface area contributed by atoms with Gasteiger partial charge in [-0.05, 0) is 50.1 Å². The summed E-state index contributed by atoms with van der Waals surface area (Å²) in [6.07, 6.45) is 0.866. The van der Waals surface area contributed by atoms with Crippen LogP contribution in [0.4, 0.5) is 4.79 Å². The lowest BCUT2D eigenvalue weighted by Crippen LogP contribution is -2.44. The van der Waals surface area contributed by atoms with Crippen molar-refractivity contribution < 1.29 is 23.7 Å². The first kappa shape index (κ1) is 35.1. The summed E-state index contributed by atoms with van der Waals surface area (Å²) in [5.74, 6) is 1.25. The first-order valence-electron chi connectivity index (χ1n) is 16.9. The molecule has 5 aromatic rings. The van der Waals surface area contributed by atoms with Gasteiger partial charge in [0.25, 0.3) is 0 Å². The zero-order valence-electron chi connectivity index (χ0n) is 29.2. The standard InChI is InChI=1S/C37H40N4O6.C2H6/c1-37(2,3)47-36(43)40-22-20-28(21-23-40)46-31-17-11-16-29-33(31)39(4)35(42)41(29)30-18-19-32(44-24-26-12-7-5-8-13-26)38-34(30)45-25-27-14-9-6-10-15-27;1-2/h5-19,28H,20-25H2,1-4H3;1-2H3. The third kappa shape index (κ3) is 8.62. The molecule has 0 N–H and O–H groups in total. The quantitative estimate of drug-likeness (QED) is 0.159. The first-order chi connectivity index (χ1) is 23.7. The number of hydrogen-bond acceptors (Lipinski definition) is 7. The van der Waals surface area contributed by atoms with Crippen molar-refractivity contribution in [3.05, 3.63) is 113 Å². The van der Waals surface area contributed by atoms with Crippen LogP contribution in [-0.2, 0) is 25.0 Å². The molecule has 0 spiro atoms. The lowest BCUT2D eigenvalue weighted by molar-refractivity contribution is 0.0127. The molecule has 3 heterocycles. The monoisotopic (exact) mass is 666 g/mol. The fourth-order valence-electron chi connectivity index (χ4n) is 5.60. The smallest absolute Gasteiger partial charge is 0.410 e. The largest absolute Gasteiger partial charge is 0.488 e. The number of ether oxygens (including phenoxy) is 4. The van der Waals surface area contributed by atoms with Gasteiger partial charge in [-0.15, -0.1) is 0 Å². The number of fused-ring (bicyclic) bond motifs is 1. The third-order valence-corrected chi connectivity index (χ3v) is 7.92. The maximum Gasteiger partial charge on any atom is 0.410 e. The highest BCUT2D eigenvalue weighted by Gasteiger charge is 2.29. The summed E-state index contributed by atoms with van der Waals surface area (Å²) >= 11 is 0. The number of hydrogen-bond donors (Lipinski definition) is 0. The van der Waals surface area contributed by atoms with Crippen molar-refractivity contribution >= 4 is 17.1 Å². The number of benzene rings is 3. The van der Waals surface area contributed by atoms with Crippen LogP contribution in [0.2, 0.25) is 0 Å². The van der Waals surface area contributed by atoms with Gasteiger partial charge in [0.1, 0.15) is 41.9 Å². The Morgan fingerprint density at radius 1 is 0.816 bits per heavy atom. The van der Waals surface area contributed by atoms with Crippen molar-refractivity contribution in [3.8, 4) is 23.2 Å². The van der Waals surface area contributed by atoms with E-state index >= 15 is 0 Å². The number of pyridine rings is 1. The predicted molar refractivity (Wildman–Crippen MR) is 191 cm³/mol. The van der Waals surface area contributed by atoms with Crippen molar-refractivity contribution in [1.82, 2.24) is 19.0 Å². The highest BCUT2D eigenvalue weighted by molar-refractivity contribution is 5.84. The zero-order valence-corrected chi connectivity index (χ0v) is 29.2. The van der Waals surface area contributed by atoms with Crippen molar-refractivity contribution in [2.45, 2.75) is 72.4 Å². The van der Waals surface area contributed by atoms with Crippen LogP contribution in [0, 0.1) is 0 Å². The van der Waals surface area contributed by atoms with Crippen LogP contribution in [-0.4, -0.2) is 49.9 Å². The fourth-order valence-corrected chi connectivity index (χ4v) is 5.60. The lowest BCUT2D eigenvalue weighted by Gasteiger charge is -2.33. The van der Waals surface area contributed by atoms with Crippen LogP contribution in [0.25, 0.3) is 16.7 Å². The van der Waals surface area contributed by atoms with Gasteiger partial charge in [0, 0.05) is 39.0 Å². The van der Waals surface area contributed by atoms with E-state index in [1.165, 1.54) is 0 Å². The van der Waals surface area contributed by atoms with Crippen LogP contribution in [0.3, 0.4) is 0 Å². The minimum atomic E-state index is -0.546. The molecule has 258 valence electrons. The second kappa shape index (κ2) is 15.8. The Balaban J connectivity index is 0.00000230. The van der Waals surface area contributed by atoms with E-state index in [2.05, 4.69) is 0 Å². The Morgan fingerprint density at radius 2 is 1.43 bits per heavy atom. The highest BCUT2D eigenvalue weighted by Crippen LogP contribution is 2.32. The average Bonchev–Trinajstić information content (AvgIpc) is 3.37. The van der Waals surface area contributed by atoms with Crippen LogP contribution in [0.5, 0.6) is 17.5 Å². The van der Waals surface area contributed by atoms with E-state index in [0.717, 1.165) is 11.1 Å². The van der Waals surface area contributed by atoms with Crippen molar-refractivity contribution in [2.75, 3.05) is 13.1 Å². The summed E-state index contributed by atoms with van der Waals surface area (Å²) in [4.78, 5) is 32.9. The van der Waals surface area contributed by atoms with E-state index in [4.69, 9.17) is 23.9 Å². The Bertz CT molecular complexity index is 1890. The van der Waals surface area contributed by atoms with E-state index in [-0.39, 0.29) is 30.4 Å². The van der Waals surface area contributed by atoms with Gasteiger partial charge in [-0.1, -0.05) is 80.6 Å². The topological polar surface area (TPSA) is 97.0 Å². The molecule has 0 aliphatic carbocycles. The summed E-state index contributed by atoms with van der Waals surface area (Å²) in [5, 5.41) is 0. The number of aromatic nitrogens is 3. The van der Waals surface area contributed by atoms with Gasteiger partial charge in [-0.2, -0.15) is 4.98 Å². The van der Waals surface area contributed by atoms with E-state index in [1.54, 1.807) is 33.2 Å². The number of nitrogens with zero attached hydrogens (tertiary/aromatic N) is 4. The molecule has 1 aliphatic heterocycles. The van der Waals surface area contributed by atoms with Gasteiger partial charge in [-0.3, -0.25) is 9.13 Å². The number of carbonyl (C=O) groups is 1. The molecule has 6 rings (SSSR count). The molecule has 49 heavy (non-hydrogen) atoms. The van der Waals surface area contributed by atoms with E-state index in [0.29, 0.717) is 60.9 Å². The van der Waals surface area contributed by atoms with Gasteiger partial charge in [0.2, 0.25) is 11.8 Å². The Kier molecular flexibility index (Phi) is 11.3. The summed E-state index contributed by atoms with van der Waals surface area (Å²) in [6.45, 7) is 11.3. The molecule has 3 aromatic carbocycles. The van der Waals surface area contributed by atoms with Crippen molar-refractivity contribution in [3.63, 3.8) is 0 Å². The van der Waals surface area contributed by atoms with Gasteiger partial charge in [-0.25, -0.2) is 9.59 Å². The molecular weight excluding hydrogens is 620 g/mol. The van der Waals surface area contributed by atoms with Crippen molar-refractivity contribution in [1.29, 1.82) is 0 Å². The molecule has 0 saturated carbocycles. The Hall–Kier alpha value is -5.25. The van der Waals surface area contributed by atoms with E-state index in [1.807, 2.05) is 113 Å². The van der Waals surface area contributed by atoms with Gasteiger partial charge in [0.15, 0.2) is 0 Å². The van der Waals surface area contributed by atoms with Crippen LogP contribution in [0.1, 0.15) is 58.6 Å². The lowest BCUT2D eigenvalue weighted by atomic mass is 10.1. The molecule has 10 heteroatoms. The maximum atomic E-state index is 13.9. The zero-order chi connectivity index (χ0) is 35.0. The predicted octanol–water partition coefficient (Wildman–Crippen LogP) is 7.69. The molecule has 1 fully saturated rings. The molecule has 0 atom stereocenters. The highest BCUT2D eigenvalue weighted by atomic mass is 16.6. The van der Waals surface area contributed by atoms with Gasteiger partial charge in [0.05, 0.1) is 5.52 Å². The molecule has 1 saturated heterocycles. The summed E-state index contributed by atoms with van der Waals surface area (Å²) in [6, 6.07) is 28.8. The van der Waals surface area contributed by atoms with Crippen LogP contribution in [0.15, 0.2) is 95.8 Å². The number of para-hydroxylation sites is 1. The number of aryl methyl sites for hydroxylation is 1. The second-order valence-electron chi connectivity index (χ2n) is 12.6. The molecule has 0 bridgehead atoms. The van der Waals surface area contributed by atoms with Crippen LogP contribution < -0.4 is 19.9 Å². The second-order valence-corrected chi connectivity index (χ2v) is 12.6. The number of piperidine rings is 1. The van der Waals surface area contributed by atoms with Crippen molar-refractivity contribution in [2.24, 2.45) is 7.05 Å². The Labute approximate surface area is 287 Å². The number of imidazole rings is 1. The Morgan fingerprint density at radius 3 is 2.04 bits per heavy atom. The molecule has 0 radical (unpaired) electrons. The van der Waals surface area contributed by atoms with E-state index < -0.39 is 5.60 Å². The molecule has 0 unspecified atom stereocenters. The molecule has 2 aromatic heterocycles. The first-order valence-corrected chi connectivity index (χ1v) is 16.9. The number of rotatable bonds is 9.